The van der Waals surface area contributed by atoms with E-state index in [2.05, 4.69) is 0 Å². The van der Waals surface area contributed by atoms with Crippen molar-refractivity contribution in [2.45, 2.75) is 25.4 Å². The number of aryl methyl sites for hydroxylation is 1. The summed E-state index contributed by atoms with van der Waals surface area (Å²) in [6.45, 7) is 2.13. The van der Waals surface area contributed by atoms with Crippen LogP contribution in [0.5, 0.6) is 0 Å². The zero-order valence-corrected chi connectivity index (χ0v) is 7.81. The monoisotopic (exact) mass is 179 g/mol. The molecule has 0 aliphatic heterocycles. The Kier molecular flexibility index (Phi) is 1.88. The van der Waals surface area contributed by atoms with Crippen LogP contribution in [-0.2, 0) is 12.1 Å². The quantitative estimate of drug-likeness (QED) is 0.701. The highest BCUT2D eigenvalue weighted by atomic mass is 19.1. The Morgan fingerprint density at radius 1 is 1.54 bits per heavy atom. The lowest BCUT2D eigenvalue weighted by atomic mass is 9.97. The molecule has 0 heterocycles. The number of rotatable bonds is 1. The number of benzene rings is 1. The van der Waals surface area contributed by atoms with Crippen LogP contribution in [0, 0.1) is 6.92 Å². The first kappa shape index (κ1) is 8.70. The highest BCUT2D eigenvalue weighted by Crippen LogP contribution is 2.40. The minimum absolute atomic E-state index is 0.101. The number of hydrogen-bond acceptors (Lipinski definition) is 1. The minimum atomic E-state index is -1.26. The first-order valence-electron chi connectivity index (χ1n) is 4.65. The highest BCUT2D eigenvalue weighted by Gasteiger charge is 2.37. The van der Waals surface area contributed by atoms with Gasteiger partial charge in [0.1, 0.15) is 5.67 Å². The SMILES string of the molecule is Cc1cccc2c1CCC2(F)CN. The van der Waals surface area contributed by atoms with E-state index < -0.39 is 5.67 Å². The van der Waals surface area contributed by atoms with E-state index in [4.69, 9.17) is 5.73 Å². The van der Waals surface area contributed by atoms with Crippen molar-refractivity contribution in [2.24, 2.45) is 5.73 Å². The molecule has 2 rings (SSSR count). The summed E-state index contributed by atoms with van der Waals surface area (Å²) in [5, 5.41) is 0. The molecule has 1 aromatic rings. The average Bonchev–Trinajstić information content (AvgIpc) is 2.47. The Bertz CT molecular complexity index is 335. The zero-order valence-electron chi connectivity index (χ0n) is 7.81. The van der Waals surface area contributed by atoms with Gasteiger partial charge in [-0.25, -0.2) is 4.39 Å². The fraction of sp³-hybridized carbons (Fsp3) is 0.455. The maximum absolute atomic E-state index is 14.1. The van der Waals surface area contributed by atoms with Gasteiger partial charge in [-0.05, 0) is 36.5 Å². The van der Waals surface area contributed by atoms with Gasteiger partial charge in [0, 0.05) is 6.54 Å². The molecule has 1 aliphatic rings. The predicted molar refractivity (Wildman–Crippen MR) is 51.3 cm³/mol. The molecule has 1 nitrogen and oxygen atoms in total. The summed E-state index contributed by atoms with van der Waals surface area (Å²) in [7, 11) is 0. The van der Waals surface area contributed by atoms with Crippen LogP contribution in [0.15, 0.2) is 18.2 Å². The second kappa shape index (κ2) is 2.81. The third kappa shape index (κ3) is 1.17. The van der Waals surface area contributed by atoms with Gasteiger partial charge in [0.25, 0.3) is 0 Å². The van der Waals surface area contributed by atoms with E-state index in [0.29, 0.717) is 6.42 Å². The van der Waals surface area contributed by atoms with Crippen molar-refractivity contribution < 1.29 is 4.39 Å². The molecule has 1 unspecified atom stereocenters. The van der Waals surface area contributed by atoms with Crippen molar-refractivity contribution in [1.82, 2.24) is 0 Å². The van der Waals surface area contributed by atoms with Crippen LogP contribution in [0.3, 0.4) is 0 Å². The Balaban J connectivity index is 2.55. The van der Waals surface area contributed by atoms with Crippen molar-refractivity contribution in [2.75, 3.05) is 6.54 Å². The lowest BCUT2D eigenvalue weighted by molar-refractivity contribution is 0.177. The molecule has 1 aromatic carbocycles. The van der Waals surface area contributed by atoms with Gasteiger partial charge < -0.3 is 5.73 Å². The maximum Gasteiger partial charge on any atom is 0.148 e. The van der Waals surface area contributed by atoms with Crippen LogP contribution in [0.25, 0.3) is 0 Å². The van der Waals surface area contributed by atoms with Gasteiger partial charge in [-0.15, -0.1) is 0 Å². The largest absolute Gasteiger partial charge is 0.327 e. The topological polar surface area (TPSA) is 26.0 Å². The van der Waals surface area contributed by atoms with Crippen LogP contribution < -0.4 is 5.73 Å². The molecule has 0 saturated heterocycles. The first-order chi connectivity index (χ1) is 6.17. The normalized spacial score (nSPS) is 26.1. The van der Waals surface area contributed by atoms with Gasteiger partial charge in [-0.3, -0.25) is 0 Å². The van der Waals surface area contributed by atoms with Crippen molar-refractivity contribution in [3.8, 4) is 0 Å². The van der Waals surface area contributed by atoms with Gasteiger partial charge in [0.15, 0.2) is 0 Å². The van der Waals surface area contributed by atoms with Gasteiger partial charge in [0.05, 0.1) is 0 Å². The smallest absolute Gasteiger partial charge is 0.148 e. The molecule has 0 fully saturated rings. The van der Waals surface area contributed by atoms with E-state index in [1.807, 2.05) is 25.1 Å². The fourth-order valence-electron chi connectivity index (χ4n) is 2.12. The third-order valence-electron chi connectivity index (χ3n) is 2.99. The summed E-state index contributed by atoms with van der Waals surface area (Å²) in [6, 6.07) is 5.80. The van der Waals surface area contributed by atoms with Gasteiger partial charge in [-0.2, -0.15) is 0 Å². The molecule has 2 heteroatoms. The Morgan fingerprint density at radius 2 is 2.31 bits per heavy atom. The summed E-state index contributed by atoms with van der Waals surface area (Å²) >= 11 is 0. The van der Waals surface area contributed by atoms with Crippen LogP contribution in [0.4, 0.5) is 4.39 Å². The maximum atomic E-state index is 14.1. The summed E-state index contributed by atoms with van der Waals surface area (Å²) in [4.78, 5) is 0. The zero-order chi connectivity index (χ0) is 9.47. The molecule has 0 bridgehead atoms. The number of hydrogen-bond donors (Lipinski definition) is 1. The summed E-state index contributed by atoms with van der Waals surface area (Å²) in [5.41, 5.74) is 7.36. The number of nitrogens with two attached hydrogens (primary N) is 1. The summed E-state index contributed by atoms with van der Waals surface area (Å²) in [6.07, 6.45) is 1.37. The van der Waals surface area contributed by atoms with Crippen molar-refractivity contribution in [3.63, 3.8) is 0 Å². The predicted octanol–water partition coefficient (Wildman–Crippen LogP) is 2.06. The average molecular weight is 179 g/mol. The van der Waals surface area contributed by atoms with E-state index in [1.54, 1.807) is 0 Å². The lowest BCUT2D eigenvalue weighted by Crippen LogP contribution is -2.27. The van der Waals surface area contributed by atoms with Crippen molar-refractivity contribution in [3.05, 3.63) is 34.9 Å². The molecule has 1 atom stereocenters. The molecule has 0 saturated carbocycles. The van der Waals surface area contributed by atoms with E-state index in [0.717, 1.165) is 17.5 Å². The molecule has 13 heavy (non-hydrogen) atoms. The lowest BCUT2D eigenvalue weighted by Gasteiger charge is -2.18. The molecule has 0 spiro atoms. The molecule has 1 aliphatic carbocycles. The van der Waals surface area contributed by atoms with Gasteiger partial charge in [-0.1, -0.05) is 18.2 Å². The van der Waals surface area contributed by atoms with E-state index in [1.165, 1.54) is 5.56 Å². The minimum Gasteiger partial charge on any atom is -0.327 e. The molecular weight excluding hydrogens is 165 g/mol. The standard InChI is InChI=1S/C11H14FN/c1-8-3-2-4-10-9(8)5-6-11(10,12)7-13/h2-4H,5-7,13H2,1H3. The van der Waals surface area contributed by atoms with Crippen molar-refractivity contribution >= 4 is 0 Å². The van der Waals surface area contributed by atoms with Crippen LogP contribution in [0.2, 0.25) is 0 Å². The van der Waals surface area contributed by atoms with Gasteiger partial charge >= 0.3 is 0 Å². The Morgan fingerprint density at radius 3 is 3.00 bits per heavy atom. The summed E-state index contributed by atoms with van der Waals surface area (Å²) in [5.74, 6) is 0. The molecule has 0 aromatic heterocycles. The van der Waals surface area contributed by atoms with Crippen LogP contribution in [0.1, 0.15) is 23.1 Å². The van der Waals surface area contributed by atoms with Crippen LogP contribution >= 0.6 is 0 Å². The number of fused-ring (bicyclic) bond motifs is 1. The van der Waals surface area contributed by atoms with Crippen LogP contribution in [-0.4, -0.2) is 6.54 Å². The fourth-order valence-corrected chi connectivity index (χ4v) is 2.12. The number of alkyl halides is 1. The second-order valence-electron chi connectivity index (χ2n) is 3.77. The third-order valence-corrected chi connectivity index (χ3v) is 2.99. The van der Waals surface area contributed by atoms with E-state index >= 15 is 0 Å². The van der Waals surface area contributed by atoms with Gasteiger partial charge in [0.2, 0.25) is 0 Å². The van der Waals surface area contributed by atoms with E-state index in [9.17, 15) is 4.39 Å². The molecule has 0 radical (unpaired) electrons. The first-order valence-corrected chi connectivity index (χ1v) is 4.65. The molecule has 0 amide bonds. The highest BCUT2D eigenvalue weighted by molar-refractivity contribution is 5.42. The molecule has 2 N–H and O–H groups in total. The van der Waals surface area contributed by atoms with Crippen molar-refractivity contribution in [1.29, 1.82) is 0 Å². The Hall–Kier alpha value is -0.890. The summed E-state index contributed by atoms with van der Waals surface area (Å²) < 4.78 is 14.1. The molecule has 70 valence electrons. The second-order valence-corrected chi connectivity index (χ2v) is 3.77. The Labute approximate surface area is 77.8 Å². The van der Waals surface area contributed by atoms with E-state index in [-0.39, 0.29) is 6.54 Å². The molecular formula is C11H14FN. The number of halogens is 1.